The Kier molecular flexibility index (Phi) is 29.2. The fraction of sp³-hybridized carbons (Fsp3) is 0.945. The Morgan fingerprint density at radius 1 is 0.336 bits per heavy atom. The number of pyridine rings is 1. The van der Waals surface area contributed by atoms with Crippen molar-refractivity contribution in [2.45, 2.75) is 342 Å². The van der Waals surface area contributed by atoms with Crippen LogP contribution in [-0.4, -0.2) is 293 Å². The molecule has 0 radical (unpaired) electrons. The molecule has 13 heterocycles. The number of halogens is 2. The van der Waals surface area contributed by atoms with Crippen LogP contribution in [0.4, 0.5) is 8.78 Å². The van der Waals surface area contributed by atoms with Crippen LogP contribution >= 0.6 is 0 Å². The number of rotatable bonds is 7. The molecule has 0 amide bonds. The Balaban J connectivity index is 0.000000133. The van der Waals surface area contributed by atoms with Crippen molar-refractivity contribution in [3.63, 3.8) is 0 Å². The smallest absolute Gasteiger partial charge is 0.272 e. The van der Waals surface area contributed by atoms with Crippen LogP contribution in [-0.2, 0) is 0 Å². The van der Waals surface area contributed by atoms with Crippen LogP contribution < -0.4 is 4.84 Å². The molecule has 1 aromatic rings. The van der Waals surface area contributed by atoms with E-state index in [0.717, 1.165) is 55.1 Å². The molecule has 0 unspecified atom stereocenters. The minimum Gasteiger partial charge on any atom is -0.406 e. The van der Waals surface area contributed by atoms with E-state index in [1.54, 1.807) is 12.4 Å². The molecule has 12 aliphatic heterocycles. The second-order valence-corrected chi connectivity index (χ2v) is 43.7. The van der Waals surface area contributed by atoms with E-state index in [-0.39, 0.29) is 18.6 Å². The first-order chi connectivity index (χ1) is 50.4. The molecule has 0 aromatic carbocycles. The van der Waals surface area contributed by atoms with E-state index in [2.05, 4.69) is 177 Å². The normalized spacial score (nSPS) is 28.9. The molecule has 616 valence electrons. The number of hydroxylamine groups is 2. The van der Waals surface area contributed by atoms with E-state index in [1.165, 1.54) is 311 Å². The monoisotopic (exact) mass is 1500 g/mol. The van der Waals surface area contributed by atoms with Crippen molar-refractivity contribution in [2.75, 3.05) is 178 Å². The molecule has 12 saturated heterocycles. The highest BCUT2D eigenvalue weighted by atomic mass is 19.3. The SMILES string of the molecule is CC(C)(C)N1CCC2(CCC(N3CC(F)(F)C3)CC2)CC1.CC(C)(C)N1CCC2(CCC(N3CCC3)CC2)CC1.CC(C)(C)N1CCC2(CCN(Oc3ccncc3)CC2)CC1.CN1CCC(CN2CCC3(CC2)CCN(C(C)(C)C)CC3)CC1.CN1CCC(N2CCC3(CC2)CCN(C(C)(C)C)CC3)CC1. The number of nitrogens with zero attached hydrogens (tertiary/aromatic N) is 13. The van der Waals surface area contributed by atoms with Crippen LogP contribution in [0.1, 0.15) is 290 Å². The number of hydrogen-bond acceptors (Lipinski definition) is 14. The van der Waals surface area contributed by atoms with Crippen LogP contribution in [0.5, 0.6) is 5.75 Å². The van der Waals surface area contributed by atoms with Crippen molar-refractivity contribution in [1.82, 2.24) is 63.9 Å². The summed E-state index contributed by atoms with van der Waals surface area (Å²) < 4.78 is 26.0. The zero-order valence-electron chi connectivity index (χ0n) is 72.8. The lowest BCUT2D eigenvalue weighted by Gasteiger charge is -2.52. The number of alkyl halides is 2. The summed E-state index contributed by atoms with van der Waals surface area (Å²) >= 11 is 0. The summed E-state index contributed by atoms with van der Waals surface area (Å²) in [5.74, 6) is -0.552. The molecule has 14 aliphatic rings. The highest BCUT2D eigenvalue weighted by Crippen LogP contribution is 2.51. The van der Waals surface area contributed by atoms with Crippen molar-refractivity contribution < 1.29 is 13.6 Å². The van der Waals surface area contributed by atoms with E-state index in [4.69, 9.17) is 4.84 Å². The molecule has 1 aromatic heterocycles. The maximum absolute atomic E-state index is 13.0. The number of aromatic nitrogens is 1. The first-order valence-electron chi connectivity index (χ1n) is 45.2. The maximum atomic E-state index is 13.0. The first kappa shape index (κ1) is 86.2. The van der Waals surface area contributed by atoms with Gasteiger partial charge in [-0.25, -0.2) is 8.78 Å². The lowest BCUT2D eigenvalue weighted by molar-refractivity contribution is -0.154. The standard InChI is InChI=1S/C20H39N3.C19H37N3.C18H29N3O.C17H30F2N2.C17H32N2/c1-19(2,3)23-15-9-20(10-16-23)7-13-22(14-8-20)17-18-5-11-21(4)12-6-18;1-18(2,3)22-15-9-19(10-16-22)7-13-21(14-8-19)17-5-11-20(4)12-6-17;1-17(2,3)20-12-6-18(7-13-20)8-14-21(15-9-18)22-16-4-10-19-11-5-16;1-15(2,3)21-10-8-16(9-11-21)6-4-14(5-7-16)20-12-17(18,19)13-20;1-16(2,3)19-13-9-17(10-14-19)7-5-15(6-8-17)18-11-4-12-18/h18H,5-17H2,1-4H3;17H,5-16H2,1-4H3;4-5,10-11H,6-9,12-15H2,1-3H3;14H,4-13H2,1-3H3;15H,4-14H2,1-3H3. The first-order valence-corrected chi connectivity index (χ1v) is 45.2. The fourth-order valence-electron chi connectivity index (χ4n) is 22.6. The molecule has 0 N–H and O–H groups in total. The van der Waals surface area contributed by atoms with Crippen molar-refractivity contribution >= 4 is 0 Å². The van der Waals surface area contributed by atoms with Crippen LogP contribution in [0.25, 0.3) is 0 Å². The quantitative estimate of drug-likeness (QED) is 0.260. The summed E-state index contributed by atoms with van der Waals surface area (Å²) in [6, 6.07) is 6.09. The molecule has 2 saturated carbocycles. The largest absolute Gasteiger partial charge is 0.406 e. The molecule has 15 rings (SSSR count). The van der Waals surface area contributed by atoms with E-state index < -0.39 is 5.92 Å². The Labute approximate surface area is 656 Å². The van der Waals surface area contributed by atoms with Gasteiger partial charge in [-0.05, 0) is 468 Å². The third kappa shape index (κ3) is 24.2. The number of likely N-dealkylation sites (tertiary alicyclic amines) is 11. The predicted octanol–water partition coefficient (Wildman–Crippen LogP) is 17.0. The molecule has 0 bridgehead atoms. The molecule has 2 aliphatic carbocycles. The Morgan fingerprint density at radius 2 is 0.617 bits per heavy atom. The van der Waals surface area contributed by atoms with Crippen molar-refractivity contribution in [1.29, 1.82) is 0 Å². The topological polar surface area (TPSA) is 61.0 Å². The summed E-state index contributed by atoms with van der Waals surface area (Å²) in [6.07, 6.45) is 43.6. The molecule has 14 fully saturated rings. The van der Waals surface area contributed by atoms with E-state index in [0.29, 0.717) is 49.9 Å². The highest BCUT2D eigenvalue weighted by Gasteiger charge is 2.50. The third-order valence-electron chi connectivity index (χ3n) is 31.7. The second-order valence-electron chi connectivity index (χ2n) is 43.7. The zero-order valence-corrected chi connectivity index (χ0v) is 72.8. The van der Waals surface area contributed by atoms with Gasteiger partial charge in [-0.15, -0.1) is 5.06 Å². The maximum Gasteiger partial charge on any atom is 0.272 e. The van der Waals surface area contributed by atoms with E-state index in [9.17, 15) is 8.78 Å². The van der Waals surface area contributed by atoms with Gasteiger partial charge in [-0.1, -0.05) is 0 Å². The van der Waals surface area contributed by atoms with Gasteiger partial charge in [0.25, 0.3) is 5.92 Å². The summed E-state index contributed by atoms with van der Waals surface area (Å²) in [5.41, 5.74) is 4.85. The average Bonchev–Trinajstić information content (AvgIpc) is 0.799. The number of hydrogen-bond donors (Lipinski definition) is 0. The van der Waals surface area contributed by atoms with E-state index in [1.807, 2.05) is 17.0 Å². The molecule has 14 nitrogen and oxygen atoms in total. The summed E-state index contributed by atoms with van der Waals surface area (Å²) in [5, 5.41) is 2.12. The molecule has 0 atom stereocenters. The van der Waals surface area contributed by atoms with Gasteiger partial charge in [0.15, 0.2) is 5.75 Å². The lowest BCUT2D eigenvalue weighted by atomic mass is 9.66. The third-order valence-corrected chi connectivity index (χ3v) is 31.7. The summed E-state index contributed by atoms with van der Waals surface area (Å²) in [7, 11) is 4.54. The van der Waals surface area contributed by atoms with Gasteiger partial charge in [0.05, 0.1) is 13.1 Å². The lowest BCUT2D eigenvalue weighted by Crippen LogP contribution is -2.61. The van der Waals surface area contributed by atoms with Gasteiger partial charge in [-0.3, -0.25) is 34.4 Å². The fourth-order valence-corrected chi connectivity index (χ4v) is 22.6. The Hall–Kier alpha value is -1.67. The molecular formula is C91H167F2N13O. The predicted molar refractivity (Wildman–Crippen MR) is 445 cm³/mol. The van der Waals surface area contributed by atoms with Gasteiger partial charge >= 0.3 is 0 Å². The minimum absolute atomic E-state index is 0.00245. The number of piperidine rings is 10. The molecular weight excluding hydrogens is 1330 g/mol. The van der Waals surface area contributed by atoms with Crippen molar-refractivity contribution in [3.8, 4) is 5.75 Å². The zero-order chi connectivity index (χ0) is 76.7. The van der Waals surface area contributed by atoms with Crippen molar-refractivity contribution in [3.05, 3.63) is 24.5 Å². The Bertz CT molecular complexity index is 2710. The highest BCUT2D eigenvalue weighted by molar-refractivity contribution is 5.16. The minimum atomic E-state index is -2.41. The van der Waals surface area contributed by atoms with Gasteiger partial charge in [0.2, 0.25) is 0 Å². The van der Waals surface area contributed by atoms with Gasteiger partial charge in [-0.2, -0.15) is 0 Å². The van der Waals surface area contributed by atoms with Gasteiger partial charge in [0, 0.05) is 90.0 Å². The average molecular weight is 1500 g/mol. The molecule has 5 spiro atoms. The van der Waals surface area contributed by atoms with Crippen LogP contribution in [0.3, 0.4) is 0 Å². The van der Waals surface area contributed by atoms with Crippen LogP contribution in [0.15, 0.2) is 24.5 Å². The Morgan fingerprint density at radius 3 is 0.935 bits per heavy atom. The van der Waals surface area contributed by atoms with Gasteiger partial charge in [0.1, 0.15) is 0 Å². The van der Waals surface area contributed by atoms with E-state index >= 15 is 0 Å². The summed E-state index contributed by atoms with van der Waals surface area (Å²) in [6.45, 7) is 64.9. The molecule has 107 heavy (non-hydrogen) atoms. The van der Waals surface area contributed by atoms with Gasteiger partial charge < -0.3 is 29.3 Å². The van der Waals surface area contributed by atoms with Crippen LogP contribution in [0.2, 0.25) is 0 Å². The summed E-state index contributed by atoms with van der Waals surface area (Å²) in [4.78, 5) is 38.6. The van der Waals surface area contributed by atoms with Crippen molar-refractivity contribution in [2.24, 2.45) is 33.0 Å². The second kappa shape index (κ2) is 36.2. The van der Waals surface area contributed by atoms with Crippen LogP contribution in [0, 0.1) is 33.0 Å². The molecule has 16 heteroatoms.